The Morgan fingerprint density at radius 2 is 2.22 bits per heavy atom. The van der Waals surface area contributed by atoms with Crippen LogP contribution in [0.2, 0.25) is 0 Å². The van der Waals surface area contributed by atoms with Crippen LogP contribution in [0.1, 0.15) is 5.69 Å². The van der Waals surface area contributed by atoms with Gasteiger partial charge in [0.2, 0.25) is 5.95 Å². The van der Waals surface area contributed by atoms with Gasteiger partial charge in [-0.1, -0.05) is 0 Å². The van der Waals surface area contributed by atoms with Gasteiger partial charge in [-0.25, -0.2) is 9.97 Å². The molecule has 0 unspecified atom stereocenters. The van der Waals surface area contributed by atoms with Crippen molar-refractivity contribution in [1.82, 2.24) is 24.4 Å². The van der Waals surface area contributed by atoms with Gasteiger partial charge in [-0.2, -0.15) is 0 Å². The largest absolute Gasteiger partial charge is 0.348 e. The van der Waals surface area contributed by atoms with Crippen LogP contribution in [-0.4, -0.2) is 39.7 Å². The Kier molecular flexibility index (Phi) is 3.99. The first-order valence-corrected chi connectivity index (χ1v) is 6.03. The minimum atomic E-state index is 0.825. The normalized spacial score (nSPS) is 10.8. The lowest BCUT2D eigenvalue weighted by Gasteiger charge is -2.13. The highest BCUT2D eigenvalue weighted by Gasteiger charge is 2.06. The van der Waals surface area contributed by atoms with Crippen LogP contribution in [0.15, 0.2) is 24.9 Å². The van der Waals surface area contributed by atoms with Crippen LogP contribution in [0.25, 0.3) is 0 Å². The summed E-state index contributed by atoms with van der Waals surface area (Å²) >= 11 is 0. The minimum Gasteiger partial charge on any atom is -0.348 e. The van der Waals surface area contributed by atoms with Crippen LogP contribution in [0.4, 0.5) is 5.95 Å². The summed E-state index contributed by atoms with van der Waals surface area (Å²) in [7, 11) is 6.03. The number of anilines is 1. The first-order chi connectivity index (χ1) is 8.68. The molecule has 0 spiro atoms. The summed E-state index contributed by atoms with van der Waals surface area (Å²) in [6, 6.07) is 0. The summed E-state index contributed by atoms with van der Waals surface area (Å²) in [5.74, 6) is 0.974. The van der Waals surface area contributed by atoms with Crippen LogP contribution in [0, 0.1) is 0 Å². The maximum absolute atomic E-state index is 4.38. The van der Waals surface area contributed by atoms with E-state index < -0.39 is 0 Å². The van der Waals surface area contributed by atoms with Gasteiger partial charge < -0.3 is 19.4 Å². The molecule has 2 heterocycles. The van der Waals surface area contributed by atoms with E-state index in [1.165, 1.54) is 5.69 Å². The van der Waals surface area contributed by atoms with E-state index in [1.54, 1.807) is 6.20 Å². The van der Waals surface area contributed by atoms with Crippen molar-refractivity contribution >= 4 is 5.95 Å². The van der Waals surface area contributed by atoms with E-state index in [1.807, 2.05) is 44.8 Å². The molecule has 2 rings (SSSR count). The molecule has 0 aliphatic carbocycles. The van der Waals surface area contributed by atoms with Crippen LogP contribution >= 0.6 is 0 Å². The van der Waals surface area contributed by atoms with Gasteiger partial charge in [0.1, 0.15) is 0 Å². The number of aromatic nitrogens is 4. The second kappa shape index (κ2) is 5.68. The molecule has 2 aromatic rings. The van der Waals surface area contributed by atoms with Crippen molar-refractivity contribution in [2.45, 2.75) is 13.1 Å². The highest BCUT2D eigenvalue weighted by molar-refractivity contribution is 5.30. The average molecular weight is 248 g/mol. The van der Waals surface area contributed by atoms with Crippen molar-refractivity contribution in [3.8, 4) is 0 Å². The van der Waals surface area contributed by atoms with Gasteiger partial charge in [-0.05, 0) is 0 Å². The molecule has 6 nitrogen and oxygen atoms in total. The lowest BCUT2D eigenvalue weighted by Crippen LogP contribution is -2.21. The maximum atomic E-state index is 4.38. The number of hydrogen-bond acceptors (Lipinski definition) is 4. The van der Waals surface area contributed by atoms with E-state index >= 15 is 0 Å². The summed E-state index contributed by atoms with van der Waals surface area (Å²) in [5, 5.41) is 3.41. The maximum Gasteiger partial charge on any atom is 0.204 e. The third-order valence-electron chi connectivity index (χ3n) is 2.87. The van der Waals surface area contributed by atoms with Gasteiger partial charge in [0.25, 0.3) is 0 Å². The molecule has 0 aromatic carbocycles. The summed E-state index contributed by atoms with van der Waals surface area (Å²) < 4.78 is 4.16. The van der Waals surface area contributed by atoms with Crippen LogP contribution in [0.3, 0.4) is 0 Å². The SMILES string of the molecule is CN(C)c1ncc(CNCCn2ccnc2)n1C. The number of nitrogens with one attached hydrogen (secondary N) is 1. The number of rotatable bonds is 6. The zero-order valence-corrected chi connectivity index (χ0v) is 11.2. The summed E-state index contributed by atoms with van der Waals surface area (Å²) in [4.78, 5) is 10.4. The molecule has 0 aliphatic rings. The van der Waals surface area contributed by atoms with Crippen LogP contribution in [-0.2, 0) is 20.1 Å². The first kappa shape index (κ1) is 12.6. The molecule has 0 saturated heterocycles. The van der Waals surface area contributed by atoms with Crippen molar-refractivity contribution < 1.29 is 0 Å². The Bertz CT molecular complexity index is 471. The van der Waals surface area contributed by atoms with E-state index in [2.05, 4.69) is 24.4 Å². The molecule has 6 heteroatoms. The van der Waals surface area contributed by atoms with E-state index in [0.29, 0.717) is 0 Å². The van der Waals surface area contributed by atoms with Gasteiger partial charge in [0.05, 0.1) is 18.2 Å². The Labute approximate surface area is 107 Å². The number of hydrogen-bond donors (Lipinski definition) is 1. The molecule has 2 aromatic heterocycles. The molecule has 0 aliphatic heterocycles. The minimum absolute atomic E-state index is 0.825. The van der Waals surface area contributed by atoms with Gasteiger partial charge in [-0.3, -0.25) is 0 Å². The summed E-state index contributed by atoms with van der Waals surface area (Å²) in [6.45, 7) is 2.67. The molecular weight excluding hydrogens is 228 g/mol. The van der Waals surface area contributed by atoms with Crippen LogP contribution < -0.4 is 10.2 Å². The van der Waals surface area contributed by atoms with Crippen molar-refractivity contribution in [2.75, 3.05) is 25.5 Å². The third-order valence-corrected chi connectivity index (χ3v) is 2.87. The molecule has 0 radical (unpaired) electrons. The fraction of sp³-hybridized carbons (Fsp3) is 0.500. The van der Waals surface area contributed by atoms with Crippen LogP contribution in [0.5, 0.6) is 0 Å². The first-order valence-electron chi connectivity index (χ1n) is 6.03. The van der Waals surface area contributed by atoms with Crippen molar-refractivity contribution in [1.29, 1.82) is 0 Å². The van der Waals surface area contributed by atoms with Gasteiger partial charge in [0.15, 0.2) is 0 Å². The Balaban J connectivity index is 1.80. The van der Waals surface area contributed by atoms with Crippen molar-refractivity contribution in [2.24, 2.45) is 7.05 Å². The number of nitrogens with zero attached hydrogens (tertiary/aromatic N) is 5. The highest BCUT2D eigenvalue weighted by Crippen LogP contribution is 2.10. The Hall–Kier alpha value is -1.82. The summed E-state index contributed by atoms with van der Waals surface area (Å²) in [6.07, 6.45) is 7.51. The third kappa shape index (κ3) is 2.89. The molecule has 98 valence electrons. The fourth-order valence-electron chi connectivity index (χ4n) is 1.86. The molecule has 0 fully saturated rings. The predicted octanol–water partition coefficient (Wildman–Crippen LogP) is 0.472. The van der Waals surface area contributed by atoms with E-state index in [4.69, 9.17) is 0 Å². The monoisotopic (exact) mass is 248 g/mol. The molecule has 0 atom stereocenters. The van der Waals surface area contributed by atoms with E-state index in [0.717, 1.165) is 25.6 Å². The molecule has 18 heavy (non-hydrogen) atoms. The topological polar surface area (TPSA) is 50.9 Å². The van der Waals surface area contributed by atoms with Crippen molar-refractivity contribution in [3.63, 3.8) is 0 Å². The highest BCUT2D eigenvalue weighted by atomic mass is 15.3. The van der Waals surface area contributed by atoms with Gasteiger partial charge in [0, 0.05) is 53.2 Å². The molecule has 0 bridgehead atoms. The lowest BCUT2D eigenvalue weighted by molar-refractivity contribution is 0.583. The molecule has 1 N–H and O–H groups in total. The quantitative estimate of drug-likeness (QED) is 0.755. The van der Waals surface area contributed by atoms with E-state index in [-0.39, 0.29) is 0 Å². The predicted molar refractivity (Wildman–Crippen MR) is 71.5 cm³/mol. The zero-order valence-electron chi connectivity index (χ0n) is 11.2. The van der Waals surface area contributed by atoms with E-state index in [9.17, 15) is 0 Å². The van der Waals surface area contributed by atoms with Gasteiger partial charge in [-0.15, -0.1) is 0 Å². The molecular formula is C12H20N6. The molecule has 0 amide bonds. The molecule has 0 saturated carbocycles. The average Bonchev–Trinajstić information content (AvgIpc) is 2.95. The Morgan fingerprint density at radius 1 is 1.39 bits per heavy atom. The number of imidazole rings is 2. The fourth-order valence-corrected chi connectivity index (χ4v) is 1.86. The Morgan fingerprint density at radius 3 is 2.83 bits per heavy atom. The standard InChI is InChI=1S/C12H20N6/c1-16(2)12-15-9-11(17(12)3)8-13-4-6-18-7-5-14-10-18/h5,7,9-10,13H,4,6,8H2,1-3H3. The second-order valence-electron chi connectivity index (χ2n) is 4.48. The zero-order chi connectivity index (χ0) is 13.0. The second-order valence-corrected chi connectivity index (χ2v) is 4.48. The lowest BCUT2D eigenvalue weighted by atomic mass is 10.4. The summed E-state index contributed by atoms with van der Waals surface area (Å²) in [5.41, 5.74) is 1.18. The van der Waals surface area contributed by atoms with Crippen molar-refractivity contribution in [3.05, 3.63) is 30.6 Å². The van der Waals surface area contributed by atoms with Gasteiger partial charge >= 0.3 is 0 Å². The smallest absolute Gasteiger partial charge is 0.204 e.